The van der Waals surface area contributed by atoms with Gasteiger partial charge in [0.05, 0.1) is 55.1 Å². The maximum Gasteiger partial charge on any atom is 0.271 e. The van der Waals surface area contributed by atoms with E-state index in [9.17, 15) is 10.1 Å². The monoisotopic (exact) mass is 382 g/mol. The number of anilines is 1. The molecule has 0 radical (unpaired) electrons. The zero-order valence-electron chi connectivity index (χ0n) is 15.9. The first kappa shape index (κ1) is 18.2. The second-order valence-corrected chi connectivity index (χ2v) is 6.94. The van der Waals surface area contributed by atoms with E-state index >= 15 is 0 Å². The first-order valence-electron chi connectivity index (χ1n) is 9.56. The van der Waals surface area contributed by atoms with Crippen LogP contribution in [0.1, 0.15) is 6.92 Å². The summed E-state index contributed by atoms with van der Waals surface area (Å²) >= 11 is 0. The molecule has 146 valence electrons. The molecule has 4 rings (SSSR count). The number of fused-ring (bicyclic) bond motifs is 1. The summed E-state index contributed by atoms with van der Waals surface area (Å²) < 4.78 is 7.64. The van der Waals surface area contributed by atoms with Crippen molar-refractivity contribution in [2.24, 2.45) is 0 Å². The maximum atomic E-state index is 11.1. The summed E-state index contributed by atoms with van der Waals surface area (Å²) in [7, 11) is 0. The first-order valence-corrected chi connectivity index (χ1v) is 9.56. The van der Waals surface area contributed by atoms with Crippen LogP contribution in [0.2, 0.25) is 0 Å². The summed E-state index contributed by atoms with van der Waals surface area (Å²) in [5.41, 5.74) is 2.05. The smallest absolute Gasteiger partial charge is 0.271 e. The minimum absolute atomic E-state index is 0.0987. The molecule has 0 atom stereocenters. The Morgan fingerprint density at radius 1 is 1.21 bits per heavy atom. The quantitative estimate of drug-likeness (QED) is 0.519. The number of ether oxygens (including phenoxy) is 1. The fraction of sp³-hybridized carbons (Fsp3) is 0.350. The maximum absolute atomic E-state index is 11.1. The van der Waals surface area contributed by atoms with Crippen molar-refractivity contribution in [1.82, 2.24) is 9.78 Å². The number of hydrogen-bond acceptors (Lipinski definition) is 5. The van der Waals surface area contributed by atoms with Crippen molar-refractivity contribution in [3.05, 3.63) is 58.8 Å². The Morgan fingerprint density at radius 2 is 2.00 bits per heavy atom. The normalized spacial score (nSPS) is 15.1. The van der Waals surface area contributed by atoms with Gasteiger partial charge in [0.2, 0.25) is 0 Å². The van der Waals surface area contributed by atoms with Gasteiger partial charge >= 0.3 is 0 Å². The van der Waals surface area contributed by atoms with Gasteiger partial charge in [-0.05, 0) is 25.1 Å². The fourth-order valence-electron chi connectivity index (χ4n) is 3.73. The van der Waals surface area contributed by atoms with Crippen LogP contribution in [-0.4, -0.2) is 47.5 Å². The van der Waals surface area contributed by atoms with Crippen LogP contribution in [-0.2, 0) is 6.67 Å². The lowest BCUT2D eigenvalue weighted by Gasteiger charge is -2.34. The van der Waals surface area contributed by atoms with Crippen molar-refractivity contribution in [2.45, 2.75) is 13.6 Å². The van der Waals surface area contributed by atoms with Crippen molar-refractivity contribution in [3.8, 4) is 5.75 Å². The number of piperazine rings is 1. The average Bonchev–Trinajstić information content (AvgIpc) is 3.11. The lowest BCUT2D eigenvalue weighted by atomic mass is 10.2. The lowest BCUT2D eigenvalue weighted by Crippen LogP contribution is -3.14. The molecule has 0 amide bonds. The largest absolute Gasteiger partial charge is 0.492 e. The van der Waals surface area contributed by atoms with Crippen LogP contribution in [0.15, 0.2) is 48.7 Å². The summed E-state index contributed by atoms with van der Waals surface area (Å²) in [5, 5.41) is 16.4. The van der Waals surface area contributed by atoms with Crippen molar-refractivity contribution >= 4 is 22.3 Å². The number of nitrogens with one attached hydrogen (secondary N) is 1. The van der Waals surface area contributed by atoms with Crippen molar-refractivity contribution < 1.29 is 14.6 Å². The Morgan fingerprint density at radius 3 is 2.75 bits per heavy atom. The predicted molar refractivity (Wildman–Crippen MR) is 107 cm³/mol. The standard InChI is InChI=1S/C20H23N5O3/c1-2-28-20-6-4-3-5-18(20)23-11-9-22(10-12-23)15-24-19-13-17(25(26)27)8-7-16(19)14-21-24/h3-8,13-14H,2,9-12,15H2,1H3/p+1. The van der Waals surface area contributed by atoms with Crippen LogP contribution < -0.4 is 14.5 Å². The Kier molecular flexibility index (Phi) is 5.12. The number of nitro benzene ring substituents is 1. The van der Waals surface area contributed by atoms with E-state index in [0.717, 1.165) is 48.5 Å². The van der Waals surface area contributed by atoms with Gasteiger partial charge in [0.25, 0.3) is 5.69 Å². The van der Waals surface area contributed by atoms with Crippen LogP contribution in [0.4, 0.5) is 11.4 Å². The molecule has 2 aromatic carbocycles. The number of nitro groups is 1. The molecule has 0 unspecified atom stereocenters. The Labute approximate surface area is 163 Å². The molecule has 0 saturated carbocycles. The number of hydrogen-bond donors (Lipinski definition) is 1. The molecule has 0 aliphatic carbocycles. The van der Waals surface area contributed by atoms with Crippen LogP contribution >= 0.6 is 0 Å². The highest BCUT2D eigenvalue weighted by atomic mass is 16.6. The van der Waals surface area contributed by atoms with E-state index in [0.29, 0.717) is 13.3 Å². The summed E-state index contributed by atoms with van der Waals surface area (Å²) in [6.45, 7) is 7.15. The van der Waals surface area contributed by atoms with Gasteiger partial charge in [-0.3, -0.25) is 10.1 Å². The molecule has 2 heterocycles. The van der Waals surface area contributed by atoms with Gasteiger partial charge in [-0.25, -0.2) is 4.68 Å². The molecule has 8 heteroatoms. The van der Waals surface area contributed by atoms with Gasteiger partial charge in [-0.2, -0.15) is 5.10 Å². The van der Waals surface area contributed by atoms with E-state index in [1.165, 1.54) is 11.0 Å². The summed E-state index contributed by atoms with van der Waals surface area (Å²) in [5.74, 6) is 0.929. The zero-order chi connectivity index (χ0) is 19.5. The van der Waals surface area contributed by atoms with E-state index in [4.69, 9.17) is 4.74 Å². The molecule has 8 nitrogen and oxygen atoms in total. The van der Waals surface area contributed by atoms with Gasteiger partial charge in [0.15, 0.2) is 6.67 Å². The van der Waals surface area contributed by atoms with Gasteiger partial charge < -0.3 is 14.5 Å². The Hall–Kier alpha value is -3.13. The molecule has 1 fully saturated rings. The molecular weight excluding hydrogens is 358 g/mol. The molecule has 0 spiro atoms. The third-order valence-electron chi connectivity index (χ3n) is 5.19. The zero-order valence-corrected chi connectivity index (χ0v) is 15.9. The molecule has 3 aromatic rings. The van der Waals surface area contributed by atoms with Crippen LogP contribution in [0.3, 0.4) is 0 Å². The number of nitrogens with zero attached hydrogens (tertiary/aromatic N) is 4. The number of aromatic nitrogens is 2. The summed E-state index contributed by atoms with van der Waals surface area (Å²) in [6.07, 6.45) is 1.77. The highest BCUT2D eigenvalue weighted by Crippen LogP contribution is 2.27. The highest BCUT2D eigenvalue weighted by Gasteiger charge is 2.23. The molecule has 1 aromatic heterocycles. The number of rotatable bonds is 6. The van der Waals surface area contributed by atoms with Gasteiger partial charge in [0.1, 0.15) is 5.75 Å². The first-order chi connectivity index (χ1) is 13.7. The van der Waals surface area contributed by atoms with Crippen LogP contribution in [0.25, 0.3) is 10.9 Å². The van der Waals surface area contributed by atoms with Gasteiger partial charge in [0, 0.05) is 17.5 Å². The van der Waals surface area contributed by atoms with E-state index in [1.807, 2.05) is 29.8 Å². The minimum atomic E-state index is -0.363. The fourth-order valence-corrected chi connectivity index (χ4v) is 3.73. The van der Waals surface area contributed by atoms with Crippen LogP contribution in [0, 0.1) is 10.1 Å². The molecule has 1 aliphatic rings. The Balaban J connectivity index is 1.44. The number of para-hydroxylation sites is 2. The number of quaternary nitrogens is 1. The van der Waals surface area contributed by atoms with Crippen molar-refractivity contribution in [1.29, 1.82) is 0 Å². The van der Waals surface area contributed by atoms with E-state index in [-0.39, 0.29) is 10.6 Å². The molecule has 1 N–H and O–H groups in total. The van der Waals surface area contributed by atoms with Crippen molar-refractivity contribution in [2.75, 3.05) is 37.7 Å². The highest BCUT2D eigenvalue weighted by molar-refractivity contribution is 5.80. The predicted octanol–water partition coefficient (Wildman–Crippen LogP) is 1.71. The van der Waals surface area contributed by atoms with Crippen LogP contribution in [0.5, 0.6) is 5.75 Å². The second-order valence-electron chi connectivity index (χ2n) is 6.94. The molecule has 28 heavy (non-hydrogen) atoms. The van der Waals surface area contributed by atoms with E-state index in [1.54, 1.807) is 18.3 Å². The van der Waals surface area contributed by atoms with Gasteiger partial charge in [-0.1, -0.05) is 12.1 Å². The second kappa shape index (κ2) is 7.85. The lowest BCUT2D eigenvalue weighted by molar-refractivity contribution is -0.923. The summed E-state index contributed by atoms with van der Waals surface area (Å²) in [6, 6.07) is 13.1. The van der Waals surface area contributed by atoms with E-state index < -0.39 is 0 Å². The van der Waals surface area contributed by atoms with Gasteiger partial charge in [-0.15, -0.1) is 0 Å². The molecule has 0 bridgehead atoms. The minimum Gasteiger partial charge on any atom is -0.492 e. The molecular formula is C20H24N5O3+. The molecule has 1 saturated heterocycles. The van der Waals surface area contributed by atoms with E-state index in [2.05, 4.69) is 16.1 Å². The SMILES string of the molecule is CCOc1ccccc1N1CC[NH+](Cn2ncc3ccc([N+](=O)[O-])cc32)CC1. The number of non-ortho nitro benzene ring substituents is 1. The Bertz CT molecular complexity index is 979. The molecule has 1 aliphatic heterocycles. The van der Waals surface area contributed by atoms with Crippen molar-refractivity contribution in [3.63, 3.8) is 0 Å². The summed E-state index contributed by atoms with van der Waals surface area (Å²) in [4.78, 5) is 14.5. The third-order valence-corrected chi connectivity index (χ3v) is 5.19. The average molecular weight is 382 g/mol. The topological polar surface area (TPSA) is 77.9 Å². The number of benzene rings is 2. The third kappa shape index (κ3) is 3.63.